The molecule has 0 spiro atoms. The summed E-state index contributed by atoms with van der Waals surface area (Å²) in [6.07, 6.45) is 0.508. The SMILES string of the molecule is CCNC(=O)C(CC)N(Cc1cccc(C)c1)C(=O)COc1ccc(Cl)cc1Br. The molecule has 2 amide bonds. The molecule has 0 radical (unpaired) electrons. The lowest BCUT2D eigenvalue weighted by atomic mass is 10.1. The zero-order chi connectivity index (χ0) is 21.4. The average molecular weight is 482 g/mol. The molecule has 1 atom stereocenters. The van der Waals surface area contributed by atoms with Crippen molar-refractivity contribution in [1.29, 1.82) is 0 Å². The topological polar surface area (TPSA) is 58.6 Å². The minimum Gasteiger partial charge on any atom is -0.483 e. The van der Waals surface area contributed by atoms with Gasteiger partial charge in [-0.1, -0.05) is 48.4 Å². The highest BCUT2D eigenvalue weighted by Crippen LogP contribution is 2.28. The zero-order valence-electron chi connectivity index (χ0n) is 16.9. The van der Waals surface area contributed by atoms with Crippen molar-refractivity contribution in [3.8, 4) is 5.75 Å². The van der Waals surface area contributed by atoms with E-state index in [0.29, 0.717) is 34.8 Å². The molecule has 7 heteroatoms. The molecule has 2 aromatic carbocycles. The molecular weight excluding hydrogens is 456 g/mol. The Morgan fingerprint density at radius 1 is 1.21 bits per heavy atom. The number of nitrogens with one attached hydrogen (secondary N) is 1. The monoisotopic (exact) mass is 480 g/mol. The van der Waals surface area contributed by atoms with Gasteiger partial charge in [0.05, 0.1) is 4.47 Å². The minimum atomic E-state index is -0.569. The molecular formula is C22H26BrClN2O3. The van der Waals surface area contributed by atoms with Crippen LogP contribution in [0.3, 0.4) is 0 Å². The number of benzene rings is 2. The molecule has 0 bridgehead atoms. The van der Waals surface area contributed by atoms with E-state index in [1.807, 2.05) is 45.0 Å². The number of halogens is 2. The van der Waals surface area contributed by atoms with Crippen molar-refractivity contribution >= 4 is 39.3 Å². The van der Waals surface area contributed by atoms with E-state index in [1.54, 1.807) is 23.1 Å². The van der Waals surface area contributed by atoms with Crippen molar-refractivity contribution in [2.24, 2.45) is 0 Å². The normalized spacial score (nSPS) is 11.6. The Kier molecular flexibility index (Phi) is 8.99. The molecule has 29 heavy (non-hydrogen) atoms. The van der Waals surface area contributed by atoms with Gasteiger partial charge in [-0.3, -0.25) is 9.59 Å². The first-order chi connectivity index (χ1) is 13.8. The minimum absolute atomic E-state index is 0.163. The molecule has 0 aliphatic rings. The lowest BCUT2D eigenvalue weighted by molar-refractivity contribution is -0.142. The van der Waals surface area contributed by atoms with Crippen LogP contribution in [0.2, 0.25) is 5.02 Å². The second-order valence-corrected chi connectivity index (χ2v) is 7.98. The molecule has 0 aromatic heterocycles. The van der Waals surface area contributed by atoms with Crippen LogP contribution in [0.25, 0.3) is 0 Å². The van der Waals surface area contributed by atoms with Gasteiger partial charge in [0.1, 0.15) is 11.8 Å². The number of carbonyl (C=O) groups excluding carboxylic acids is 2. The maximum absolute atomic E-state index is 13.1. The molecule has 1 unspecified atom stereocenters. The molecule has 2 aromatic rings. The molecule has 2 rings (SSSR count). The van der Waals surface area contributed by atoms with Gasteiger partial charge >= 0.3 is 0 Å². The summed E-state index contributed by atoms with van der Waals surface area (Å²) in [6.45, 7) is 6.42. The lowest BCUT2D eigenvalue weighted by Crippen LogP contribution is -2.50. The number of nitrogens with zero attached hydrogens (tertiary/aromatic N) is 1. The number of carbonyl (C=O) groups is 2. The molecule has 1 N–H and O–H groups in total. The summed E-state index contributed by atoms with van der Waals surface area (Å²) in [5, 5.41) is 3.39. The molecule has 0 saturated heterocycles. The van der Waals surface area contributed by atoms with E-state index in [0.717, 1.165) is 11.1 Å². The first kappa shape index (κ1) is 23.2. The molecule has 0 aliphatic heterocycles. The smallest absolute Gasteiger partial charge is 0.261 e. The number of rotatable bonds is 9. The van der Waals surface area contributed by atoms with E-state index in [9.17, 15) is 9.59 Å². The third-order valence-corrected chi connectivity index (χ3v) is 5.27. The second-order valence-electron chi connectivity index (χ2n) is 6.69. The summed E-state index contributed by atoms with van der Waals surface area (Å²) in [5.74, 6) is 0.0967. The van der Waals surface area contributed by atoms with Gasteiger partial charge in [0.15, 0.2) is 6.61 Å². The first-order valence-corrected chi connectivity index (χ1v) is 10.7. The van der Waals surface area contributed by atoms with E-state index in [-0.39, 0.29) is 18.4 Å². The Balaban J connectivity index is 2.22. The van der Waals surface area contributed by atoms with Crippen LogP contribution in [0.4, 0.5) is 0 Å². The number of aryl methyl sites for hydroxylation is 1. The first-order valence-electron chi connectivity index (χ1n) is 9.56. The quantitative estimate of drug-likeness (QED) is 0.563. The van der Waals surface area contributed by atoms with Crippen LogP contribution in [0.1, 0.15) is 31.4 Å². The molecule has 0 saturated carbocycles. The van der Waals surface area contributed by atoms with Crippen LogP contribution in [-0.4, -0.2) is 35.9 Å². The van der Waals surface area contributed by atoms with Gasteiger partial charge in [-0.05, 0) is 60.0 Å². The fraction of sp³-hybridized carbons (Fsp3) is 0.364. The van der Waals surface area contributed by atoms with E-state index >= 15 is 0 Å². The Morgan fingerprint density at radius 2 is 1.97 bits per heavy atom. The summed E-state index contributed by atoms with van der Waals surface area (Å²) in [5.41, 5.74) is 2.07. The van der Waals surface area contributed by atoms with E-state index in [1.165, 1.54) is 0 Å². The number of amides is 2. The number of ether oxygens (including phenoxy) is 1. The van der Waals surface area contributed by atoms with Crippen molar-refractivity contribution < 1.29 is 14.3 Å². The van der Waals surface area contributed by atoms with Gasteiger partial charge < -0.3 is 15.0 Å². The fourth-order valence-corrected chi connectivity index (χ4v) is 3.83. The van der Waals surface area contributed by atoms with Crippen LogP contribution in [0, 0.1) is 6.92 Å². The highest BCUT2D eigenvalue weighted by atomic mass is 79.9. The predicted molar refractivity (Wildman–Crippen MR) is 119 cm³/mol. The largest absolute Gasteiger partial charge is 0.483 e. The Bertz CT molecular complexity index is 860. The number of likely N-dealkylation sites (N-methyl/N-ethyl adjacent to an activating group) is 1. The zero-order valence-corrected chi connectivity index (χ0v) is 19.2. The Hall–Kier alpha value is -2.05. The van der Waals surface area contributed by atoms with Crippen LogP contribution in [0.15, 0.2) is 46.9 Å². The molecule has 156 valence electrons. The molecule has 0 aliphatic carbocycles. The van der Waals surface area contributed by atoms with Gasteiger partial charge in [-0.2, -0.15) is 0 Å². The van der Waals surface area contributed by atoms with E-state index in [4.69, 9.17) is 16.3 Å². The molecule has 5 nitrogen and oxygen atoms in total. The highest BCUT2D eigenvalue weighted by molar-refractivity contribution is 9.10. The maximum Gasteiger partial charge on any atom is 0.261 e. The summed E-state index contributed by atoms with van der Waals surface area (Å²) < 4.78 is 6.37. The fourth-order valence-electron chi connectivity index (χ4n) is 3.03. The lowest BCUT2D eigenvalue weighted by Gasteiger charge is -2.30. The number of hydrogen-bond donors (Lipinski definition) is 1. The predicted octanol–water partition coefficient (Wildman–Crippen LogP) is 4.73. The van der Waals surface area contributed by atoms with Crippen molar-refractivity contribution in [3.63, 3.8) is 0 Å². The average Bonchev–Trinajstić information content (AvgIpc) is 2.67. The summed E-state index contributed by atoms with van der Waals surface area (Å²) in [6, 6.07) is 12.4. The van der Waals surface area contributed by atoms with Crippen molar-refractivity contribution in [3.05, 3.63) is 63.1 Å². The van der Waals surface area contributed by atoms with E-state index < -0.39 is 6.04 Å². The third kappa shape index (κ3) is 6.75. The number of hydrogen-bond acceptors (Lipinski definition) is 3. The maximum atomic E-state index is 13.1. The molecule has 0 fully saturated rings. The summed E-state index contributed by atoms with van der Waals surface area (Å²) >= 11 is 9.34. The van der Waals surface area contributed by atoms with Crippen LogP contribution in [0.5, 0.6) is 5.75 Å². The third-order valence-electron chi connectivity index (χ3n) is 4.42. The van der Waals surface area contributed by atoms with Gasteiger partial charge in [0, 0.05) is 18.1 Å². The Morgan fingerprint density at radius 3 is 2.59 bits per heavy atom. The highest BCUT2D eigenvalue weighted by Gasteiger charge is 2.28. The van der Waals surface area contributed by atoms with E-state index in [2.05, 4.69) is 21.2 Å². The van der Waals surface area contributed by atoms with Crippen molar-refractivity contribution in [2.45, 2.75) is 39.8 Å². The second kappa shape index (κ2) is 11.2. The van der Waals surface area contributed by atoms with Gasteiger partial charge in [0.25, 0.3) is 5.91 Å². The van der Waals surface area contributed by atoms with Gasteiger partial charge in [-0.15, -0.1) is 0 Å². The molecule has 0 heterocycles. The Labute approximate surface area is 185 Å². The van der Waals surface area contributed by atoms with Crippen molar-refractivity contribution in [1.82, 2.24) is 10.2 Å². The summed E-state index contributed by atoms with van der Waals surface area (Å²) in [4.78, 5) is 27.2. The van der Waals surface area contributed by atoms with Gasteiger partial charge in [0.2, 0.25) is 5.91 Å². The van der Waals surface area contributed by atoms with Gasteiger partial charge in [-0.25, -0.2) is 0 Å². The standard InChI is InChI=1S/C22H26BrClN2O3/c1-4-19(22(28)25-5-2)26(13-16-8-6-7-15(3)11-16)21(27)14-29-20-10-9-17(24)12-18(20)23/h6-12,19H,4-5,13-14H2,1-3H3,(H,25,28). The van der Waals surface area contributed by atoms with Crippen LogP contribution >= 0.6 is 27.5 Å². The summed E-state index contributed by atoms with van der Waals surface area (Å²) in [7, 11) is 0. The van der Waals surface area contributed by atoms with Crippen LogP contribution in [-0.2, 0) is 16.1 Å². The van der Waals surface area contributed by atoms with Crippen molar-refractivity contribution in [2.75, 3.05) is 13.2 Å². The van der Waals surface area contributed by atoms with Crippen LogP contribution < -0.4 is 10.1 Å².